The molecule has 1 aromatic rings. The Labute approximate surface area is 292 Å². The molecule has 270 valence electrons. The lowest BCUT2D eigenvalue weighted by Crippen LogP contribution is -2.55. The second-order valence-electron chi connectivity index (χ2n) is 15.8. The van der Waals surface area contributed by atoms with E-state index in [9.17, 15) is 14.7 Å². The minimum atomic E-state index is -0.812. The van der Waals surface area contributed by atoms with Crippen molar-refractivity contribution < 1.29 is 38.4 Å². The van der Waals surface area contributed by atoms with Crippen molar-refractivity contribution in [2.75, 3.05) is 21.3 Å². The smallest absolute Gasteiger partial charge is 0.235 e. The van der Waals surface area contributed by atoms with Gasteiger partial charge in [0.2, 0.25) is 5.91 Å². The van der Waals surface area contributed by atoms with E-state index < -0.39 is 11.7 Å². The molecule has 9 heteroatoms. The average molecular weight is 680 g/mol. The zero-order valence-electron chi connectivity index (χ0n) is 30.8. The minimum absolute atomic E-state index is 0.0140. The van der Waals surface area contributed by atoms with Crippen LogP contribution in [0.3, 0.4) is 0 Å². The predicted octanol–water partition coefficient (Wildman–Crippen LogP) is 7.31. The predicted molar refractivity (Wildman–Crippen MR) is 186 cm³/mol. The highest BCUT2D eigenvalue weighted by molar-refractivity contribution is 6.17. The Kier molecular flexibility index (Phi) is 10.3. The number of aliphatic hydroxyl groups excluding tert-OH is 1. The summed E-state index contributed by atoms with van der Waals surface area (Å²) in [6, 6.07) is 5.95. The van der Waals surface area contributed by atoms with Crippen LogP contribution in [0.2, 0.25) is 0 Å². The molecular formula is C40H57NO8. The molecule has 0 radical (unpaired) electrons. The van der Waals surface area contributed by atoms with E-state index in [1.165, 1.54) is 5.57 Å². The summed E-state index contributed by atoms with van der Waals surface area (Å²) in [6.45, 7) is 12.7. The summed E-state index contributed by atoms with van der Waals surface area (Å²) in [5.41, 5.74) is 2.28. The average Bonchev–Trinajstić information content (AvgIpc) is 3.35. The van der Waals surface area contributed by atoms with Gasteiger partial charge >= 0.3 is 0 Å². The number of ketones is 1. The Balaban J connectivity index is 1.34. The molecule has 3 saturated heterocycles. The third kappa shape index (κ3) is 6.44. The highest BCUT2D eigenvalue weighted by Gasteiger charge is 2.54. The number of hydrogen-bond donors (Lipinski definition) is 2. The molecule has 49 heavy (non-hydrogen) atoms. The zero-order chi connectivity index (χ0) is 35.4. The molecule has 2 N–H and O–H groups in total. The van der Waals surface area contributed by atoms with Gasteiger partial charge in [-0.2, -0.15) is 0 Å². The van der Waals surface area contributed by atoms with Crippen LogP contribution in [0.4, 0.5) is 0 Å². The first-order valence-corrected chi connectivity index (χ1v) is 18.4. The molecule has 1 aromatic carbocycles. The van der Waals surface area contributed by atoms with Crippen LogP contribution in [0.15, 0.2) is 41.3 Å². The summed E-state index contributed by atoms with van der Waals surface area (Å²) in [6.07, 6.45) is 7.39. The molecule has 13 unspecified atom stereocenters. The molecule has 1 spiro atoms. The number of aliphatic hydroxyl groups is 1. The van der Waals surface area contributed by atoms with Crippen molar-refractivity contribution in [1.29, 1.82) is 0 Å². The van der Waals surface area contributed by atoms with Crippen molar-refractivity contribution in [2.45, 2.75) is 104 Å². The number of nitrogens with one attached hydrogen (secondary N) is 1. The standard InChI is InChI=1S/C40H57NO8/c1-20-12-13-40(49-38(20)27-16-28(45-7)18-29(17-27)46-8)23(4)14-22(3)32(48-40)19-30-21(2)15-26-10-11-31(47-9)24(5)33(26)34(30)37(43)35-36(42)25(6)39(44)41-35/h15-18,20,22-26,30-34,38,43H,10-14,19H2,1-9H3,(H,41,44)/b37-35+. The number of carbonyl (C=O) groups is 2. The fraction of sp³-hybridized carbons (Fsp3) is 0.700. The topological polar surface area (TPSA) is 113 Å². The summed E-state index contributed by atoms with van der Waals surface area (Å²) < 4.78 is 31.5. The van der Waals surface area contributed by atoms with Gasteiger partial charge in [0.15, 0.2) is 11.6 Å². The number of fused-ring (bicyclic) bond motifs is 1. The summed E-state index contributed by atoms with van der Waals surface area (Å²) in [5, 5.41) is 14.9. The van der Waals surface area contributed by atoms with Gasteiger partial charge in [0, 0.05) is 31.4 Å². The van der Waals surface area contributed by atoms with Crippen LogP contribution >= 0.6 is 0 Å². The van der Waals surface area contributed by atoms with Crippen molar-refractivity contribution in [3.8, 4) is 11.5 Å². The SMILES string of the molecule is COc1cc(OC)cc(C2OC3(CCC2C)OC(CC2C(C)=CC4CCC(OC)C(C)C4C2/C(O)=C2\NC(=O)C(C)C2=O)C(C)CC3C)c1. The first-order valence-electron chi connectivity index (χ1n) is 18.4. The summed E-state index contributed by atoms with van der Waals surface area (Å²) in [4.78, 5) is 25.9. The van der Waals surface area contributed by atoms with Crippen LogP contribution in [0.5, 0.6) is 11.5 Å². The van der Waals surface area contributed by atoms with Crippen molar-refractivity contribution in [3.05, 3.63) is 46.9 Å². The van der Waals surface area contributed by atoms with Crippen LogP contribution in [-0.2, 0) is 23.8 Å². The van der Waals surface area contributed by atoms with Gasteiger partial charge in [0.25, 0.3) is 0 Å². The summed E-state index contributed by atoms with van der Waals surface area (Å²) in [5.74, 6) is -0.116. The third-order valence-corrected chi connectivity index (χ3v) is 13.0. The first kappa shape index (κ1) is 35.9. The lowest BCUT2D eigenvalue weighted by Gasteiger charge is -2.54. The molecule has 3 heterocycles. The maximum atomic E-state index is 13.3. The molecule has 0 aromatic heterocycles. The van der Waals surface area contributed by atoms with E-state index in [-0.39, 0.29) is 88.8 Å². The number of amides is 1. The maximum absolute atomic E-state index is 13.3. The molecule has 5 aliphatic rings. The van der Waals surface area contributed by atoms with E-state index in [0.717, 1.165) is 49.2 Å². The first-order chi connectivity index (χ1) is 23.3. The number of carbonyl (C=O) groups excluding carboxylic acids is 2. The van der Waals surface area contributed by atoms with Crippen LogP contribution in [0.1, 0.15) is 91.7 Å². The normalized spacial score (nSPS) is 41.9. The number of hydrogen-bond acceptors (Lipinski definition) is 8. The number of methoxy groups -OCH3 is 3. The Morgan fingerprint density at radius 3 is 2.27 bits per heavy atom. The fourth-order valence-corrected chi connectivity index (χ4v) is 9.99. The van der Waals surface area contributed by atoms with Gasteiger partial charge in [-0.15, -0.1) is 0 Å². The molecule has 1 amide bonds. The highest BCUT2D eigenvalue weighted by Crippen LogP contribution is 2.55. The number of benzene rings is 1. The van der Waals surface area contributed by atoms with Crippen LogP contribution in [0.25, 0.3) is 0 Å². The molecule has 6 rings (SSSR count). The van der Waals surface area contributed by atoms with Crippen LogP contribution < -0.4 is 14.8 Å². The van der Waals surface area contributed by atoms with Gasteiger partial charge in [0.05, 0.1) is 32.5 Å². The van der Waals surface area contributed by atoms with Gasteiger partial charge in [-0.3, -0.25) is 9.59 Å². The quantitative estimate of drug-likeness (QED) is 0.134. The van der Waals surface area contributed by atoms with E-state index in [1.807, 2.05) is 18.2 Å². The molecule has 9 nitrogen and oxygen atoms in total. The van der Waals surface area contributed by atoms with Gasteiger partial charge < -0.3 is 34.1 Å². The Morgan fingerprint density at radius 2 is 1.65 bits per heavy atom. The number of Topliss-reactive ketones (excluding diaryl/α,β-unsaturated/α-hetero) is 1. The van der Waals surface area contributed by atoms with Crippen LogP contribution in [-0.4, -0.2) is 56.1 Å². The largest absolute Gasteiger partial charge is 0.510 e. The van der Waals surface area contributed by atoms with Crippen LogP contribution in [0, 0.1) is 53.3 Å². The van der Waals surface area contributed by atoms with E-state index in [0.29, 0.717) is 6.42 Å². The maximum Gasteiger partial charge on any atom is 0.235 e. The monoisotopic (exact) mass is 679 g/mol. The Hall–Kier alpha value is -2.88. The van der Waals surface area contributed by atoms with Gasteiger partial charge in [0.1, 0.15) is 28.9 Å². The van der Waals surface area contributed by atoms with E-state index >= 15 is 0 Å². The molecule has 0 bridgehead atoms. The van der Waals surface area contributed by atoms with Gasteiger partial charge in [-0.05, 0) is 99.2 Å². The van der Waals surface area contributed by atoms with Crippen molar-refractivity contribution in [3.63, 3.8) is 0 Å². The van der Waals surface area contributed by atoms with E-state index in [1.54, 1.807) is 28.3 Å². The Bertz CT molecular complexity index is 1460. The molecule has 4 fully saturated rings. The third-order valence-electron chi connectivity index (χ3n) is 13.0. The molecule has 1 saturated carbocycles. The fourth-order valence-electron chi connectivity index (χ4n) is 9.99. The zero-order valence-corrected chi connectivity index (χ0v) is 30.8. The number of ether oxygens (including phenoxy) is 5. The molecular weight excluding hydrogens is 622 g/mol. The molecule has 13 atom stereocenters. The summed E-state index contributed by atoms with van der Waals surface area (Å²) in [7, 11) is 5.08. The van der Waals surface area contributed by atoms with Gasteiger partial charge in [-0.1, -0.05) is 39.3 Å². The summed E-state index contributed by atoms with van der Waals surface area (Å²) >= 11 is 0. The molecule has 3 aliphatic heterocycles. The lowest BCUT2D eigenvalue weighted by atomic mass is 9.56. The van der Waals surface area contributed by atoms with Gasteiger partial charge in [-0.25, -0.2) is 0 Å². The van der Waals surface area contributed by atoms with Crippen molar-refractivity contribution in [2.24, 2.45) is 53.3 Å². The second kappa shape index (κ2) is 14.0. The lowest BCUT2D eigenvalue weighted by molar-refractivity contribution is -0.356. The van der Waals surface area contributed by atoms with E-state index in [4.69, 9.17) is 23.7 Å². The number of allylic oxidation sites excluding steroid dienone is 4. The second-order valence-corrected chi connectivity index (χ2v) is 15.8. The molecule has 2 aliphatic carbocycles. The van der Waals surface area contributed by atoms with Crippen molar-refractivity contribution >= 4 is 11.7 Å². The van der Waals surface area contributed by atoms with Crippen molar-refractivity contribution in [1.82, 2.24) is 5.32 Å². The van der Waals surface area contributed by atoms with E-state index in [2.05, 4.69) is 46.0 Å². The Morgan fingerprint density at radius 1 is 0.959 bits per heavy atom. The minimum Gasteiger partial charge on any atom is -0.510 e. The highest BCUT2D eigenvalue weighted by atomic mass is 16.7. The number of rotatable bonds is 7.